The number of phosphoric acid groups is 1. The quantitative estimate of drug-likeness (QED) is 0.529. The standard InChI is InChI=1S/C10H13N4O7P/c15-9-7-8(12-10(16)13-9)14(4-11-7)6-2-1-5(21-6)3-20-22(17,18)19/h4-6H,1-3H2,(H2,17,18,19)(H2,12,13,15,16)/t5-,6+/m0/s1. The minimum absolute atomic E-state index is 0.0816. The molecule has 22 heavy (non-hydrogen) atoms. The van der Waals surface area contributed by atoms with Crippen LogP contribution < -0.4 is 11.2 Å². The van der Waals surface area contributed by atoms with E-state index in [4.69, 9.17) is 14.5 Å². The molecule has 0 aliphatic carbocycles. The molecule has 2 aromatic heterocycles. The number of phosphoric ester groups is 1. The lowest BCUT2D eigenvalue weighted by Crippen LogP contribution is -2.23. The molecule has 3 rings (SSSR count). The van der Waals surface area contributed by atoms with Crippen LogP contribution in [0.2, 0.25) is 0 Å². The molecule has 4 N–H and O–H groups in total. The van der Waals surface area contributed by atoms with Gasteiger partial charge in [0, 0.05) is 0 Å². The Bertz CT molecular complexity index is 849. The van der Waals surface area contributed by atoms with Gasteiger partial charge in [-0.25, -0.2) is 14.3 Å². The van der Waals surface area contributed by atoms with Crippen molar-refractivity contribution in [1.82, 2.24) is 19.5 Å². The van der Waals surface area contributed by atoms with Crippen LogP contribution in [0.5, 0.6) is 0 Å². The lowest BCUT2D eigenvalue weighted by Gasteiger charge is -2.15. The zero-order chi connectivity index (χ0) is 15.9. The zero-order valence-electron chi connectivity index (χ0n) is 11.1. The first-order valence-corrected chi connectivity index (χ1v) is 7.91. The molecule has 11 nitrogen and oxygen atoms in total. The molecule has 2 atom stereocenters. The number of imidazole rings is 1. The van der Waals surface area contributed by atoms with E-state index in [-0.39, 0.29) is 17.8 Å². The third-order valence-corrected chi connectivity index (χ3v) is 3.78. The minimum Gasteiger partial charge on any atom is -0.352 e. The first-order valence-electron chi connectivity index (χ1n) is 6.38. The molecule has 0 amide bonds. The average molecular weight is 332 g/mol. The van der Waals surface area contributed by atoms with Crippen LogP contribution in [0, 0.1) is 0 Å². The van der Waals surface area contributed by atoms with Gasteiger partial charge in [-0.1, -0.05) is 0 Å². The van der Waals surface area contributed by atoms with Crippen molar-refractivity contribution in [3.63, 3.8) is 0 Å². The van der Waals surface area contributed by atoms with Gasteiger partial charge in [0.2, 0.25) is 0 Å². The molecule has 1 aliphatic heterocycles. The third kappa shape index (κ3) is 3.03. The van der Waals surface area contributed by atoms with Crippen molar-refractivity contribution in [3.8, 4) is 0 Å². The summed E-state index contributed by atoms with van der Waals surface area (Å²) in [6.45, 7) is -0.246. The fourth-order valence-electron chi connectivity index (χ4n) is 2.36. The zero-order valence-corrected chi connectivity index (χ0v) is 12.0. The predicted molar refractivity (Wildman–Crippen MR) is 72.1 cm³/mol. The molecule has 0 radical (unpaired) electrons. The second-order valence-electron chi connectivity index (χ2n) is 4.83. The van der Waals surface area contributed by atoms with Gasteiger partial charge in [-0.15, -0.1) is 0 Å². The summed E-state index contributed by atoms with van der Waals surface area (Å²) in [5.74, 6) is 0. The molecule has 0 unspecified atom stereocenters. The first-order chi connectivity index (χ1) is 10.3. The maximum atomic E-state index is 11.6. The van der Waals surface area contributed by atoms with Crippen molar-refractivity contribution in [2.24, 2.45) is 0 Å². The minimum atomic E-state index is -4.54. The monoisotopic (exact) mass is 332 g/mol. The first kappa shape index (κ1) is 15.1. The number of rotatable bonds is 4. The van der Waals surface area contributed by atoms with Gasteiger partial charge in [0.25, 0.3) is 5.56 Å². The Labute approximate surface area is 122 Å². The van der Waals surface area contributed by atoms with E-state index in [0.717, 1.165) is 0 Å². The van der Waals surface area contributed by atoms with Gasteiger partial charge in [0.1, 0.15) is 11.9 Å². The molecule has 0 bridgehead atoms. The summed E-state index contributed by atoms with van der Waals surface area (Å²) >= 11 is 0. The average Bonchev–Trinajstić information content (AvgIpc) is 3.01. The maximum Gasteiger partial charge on any atom is 0.469 e. The summed E-state index contributed by atoms with van der Waals surface area (Å²) in [5.41, 5.74) is -0.941. The summed E-state index contributed by atoms with van der Waals surface area (Å²) in [5, 5.41) is 0. The van der Waals surface area contributed by atoms with Crippen LogP contribution in [0.3, 0.4) is 0 Å². The molecule has 120 valence electrons. The van der Waals surface area contributed by atoms with E-state index in [1.54, 1.807) is 0 Å². The van der Waals surface area contributed by atoms with E-state index in [9.17, 15) is 14.2 Å². The Morgan fingerprint density at radius 3 is 2.91 bits per heavy atom. The van der Waals surface area contributed by atoms with Gasteiger partial charge < -0.3 is 14.5 Å². The Morgan fingerprint density at radius 2 is 2.18 bits per heavy atom. The molecule has 2 aromatic rings. The Morgan fingerprint density at radius 1 is 1.41 bits per heavy atom. The predicted octanol–water partition coefficient (Wildman–Crippen LogP) is -0.800. The number of aromatic amines is 2. The third-order valence-electron chi connectivity index (χ3n) is 3.29. The van der Waals surface area contributed by atoms with Gasteiger partial charge in [0.15, 0.2) is 5.52 Å². The molecule has 1 fully saturated rings. The van der Waals surface area contributed by atoms with Crippen LogP contribution >= 0.6 is 7.82 Å². The highest BCUT2D eigenvalue weighted by Crippen LogP contribution is 2.38. The van der Waals surface area contributed by atoms with E-state index >= 15 is 0 Å². The summed E-state index contributed by atoms with van der Waals surface area (Å²) in [6, 6.07) is 0. The van der Waals surface area contributed by atoms with Crippen LogP contribution in [0.4, 0.5) is 0 Å². The molecule has 0 saturated carbocycles. The van der Waals surface area contributed by atoms with E-state index < -0.39 is 31.4 Å². The molecule has 12 heteroatoms. The van der Waals surface area contributed by atoms with Gasteiger partial charge in [-0.05, 0) is 12.8 Å². The summed E-state index contributed by atoms with van der Waals surface area (Å²) in [7, 11) is -4.54. The maximum absolute atomic E-state index is 11.6. The molecule has 3 heterocycles. The number of nitrogens with zero attached hydrogens (tertiary/aromatic N) is 2. The summed E-state index contributed by atoms with van der Waals surface area (Å²) in [6.07, 6.45) is 1.40. The number of hydrogen-bond donors (Lipinski definition) is 4. The van der Waals surface area contributed by atoms with Gasteiger partial charge in [0.05, 0.1) is 19.0 Å². The van der Waals surface area contributed by atoms with E-state index in [2.05, 4.69) is 19.5 Å². The highest BCUT2D eigenvalue weighted by atomic mass is 31.2. The second kappa shape index (κ2) is 5.45. The summed E-state index contributed by atoms with van der Waals surface area (Å²) in [4.78, 5) is 48.8. The fourth-order valence-corrected chi connectivity index (χ4v) is 2.73. The van der Waals surface area contributed by atoms with E-state index in [1.165, 1.54) is 10.9 Å². The van der Waals surface area contributed by atoms with Crippen LogP contribution in [0.15, 0.2) is 15.9 Å². The second-order valence-corrected chi connectivity index (χ2v) is 6.07. The largest absolute Gasteiger partial charge is 0.469 e. The normalized spacial score (nSPS) is 22.5. The molecule has 1 aliphatic rings. The van der Waals surface area contributed by atoms with Crippen molar-refractivity contribution < 1.29 is 23.6 Å². The van der Waals surface area contributed by atoms with Crippen molar-refractivity contribution in [1.29, 1.82) is 0 Å². The van der Waals surface area contributed by atoms with Crippen molar-refractivity contribution in [2.45, 2.75) is 25.2 Å². The van der Waals surface area contributed by atoms with Crippen molar-refractivity contribution in [3.05, 3.63) is 27.2 Å². The van der Waals surface area contributed by atoms with E-state index in [1.807, 2.05) is 0 Å². The molecule has 0 aromatic carbocycles. The lowest BCUT2D eigenvalue weighted by atomic mass is 10.2. The molecule has 0 spiro atoms. The number of aromatic nitrogens is 4. The fraction of sp³-hybridized carbons (Fsp3) is 0.500. The highest BCUT2D eigenvalue weighted by molar-refractivity contribution is 7.46. The number of H-pyrrole nitrogens is 2. The SMILES string of the molecule is O=c1[nH]c(=O)c2ncn([C@H]3CC[C@@H](COP(=O)(O)O)O3)c2[nH]1. The molecular weight excluding hydrogens is 319 g/mol. The van der Waals surface area contributed by atoms with Crippen LogP contribution in [0.25, 0.3) is 11.2 Å². The highest BCUT2D eigenvalue weighted by Gasteiger charge is 2.30. The Hall–Kier alpha value is -1.78. The molecule has 1 saturated heterocycles. The number of ether oxygens (including phenoxy) is 1. The van der Waals surface area contributed by atoms with Crippen LogP contribution in [-0.2, 0) is 13.8 Å². The van der Waals surface area contributed by atoms with Gasteiger partial charge >= 0.3 is 13.5 Å². The topological polar surface area (TPSA) is 160 Å². The number of nitrogens with one attached hydrogen (secondary N) is 2. The molecular formula is C10H13N4O7P. The van der Waals surface area contributed by atoms with E-state index in [0.29, 0.717) is 12.8 Å². The lowest BCUT2D eigenvalue weighted by molar-refractivity contribution is -0.0205. The van der Waals surface area contributed by atoms with Crippen LogP contribution in [0.1, 0.15) is 19.1 Å². The van der Waals surface area contributed by atoms with Crippen molar-refractivity contribution >= 4 is 19.0 Å². The van der Waals surface area contributed by atoms with Crippen LogP contribution in [-0.4, -0.2) is 42.0 Å². The Balaban J connectivity index is 1.80. The summed E-state index contributed by atoms with van der Waals surface area (Å²) < 4.78 is 22.2. The number of hydrogen-bond acceptors (Lipinski definition) is 6. The smallest absolute Gasteiger partial charge is 0.352 e. The van der Waals surface area contributed by atoms with Gasteiger partial charge in [-0.2, -0.15) is 0 Å². The van der Waals surface area contributed by atoms with Gasteiger partial charge in [-0.3, -0.25) is 23.9 Å². The number of fused-ring (bicyclic) bond motifs is 1. The van der Waals surface area contributed by atoms with Crippen molar-refractivity contribution in [2.75, 3.05) is 6.61 Å². The Kier molecular flexibility index (Phi) is 3.75.